The maximum atomic E-state index is 5.40. The molecular formula is C14H31O4P. The molecule has 0 amide bonds. The first-order chi connectivity index (χ1) is 8.63. The molecule has 1 unspecified atom stereocenters. The first-order valence-corrected chi connectivity index (χ1v) is 8.47. The summed E-state index contributed by atoms with van der Waals surface area (Å²) in [4.78, 5) is 0. The molecule has 0 saturated carbocycles. The lowest BCUT2D eigenvalue weighted by molar-refractivity contribution is -0.0374. The maximum absolute atomic E-state index is 5.40. The van der Waals surface area contributed by atoms with Crippen LogP contribution in [0.1, 0.15) is 48.0 Å². The van der Waals surface area contributed by atoms with E-state index in [2.05, 4.69) is 27.7 Å². The summed E-state index contributed by atoms with van der Waals surface area (Å²) in [7, 11) is 1.08. The van der Waals surface area contributed by atoms with E-state index in [1.54, 1.807) is 7.11 Å². The van der Waals surface area contributed by atoms with Crippen molar-refractivity contribution in [2.75, 3.05) is 20.4 Å². The molecule has 0 spiro atoms. The van der Waals surface area contributed by atoms with Crippen LogP contribution in [-0.4, -0.2) is 38.9 Å². The highest BCUT2D eigenvalue weighted by Crippen LogP contribution is 2.48. The molecule has 0 aliphatic carbocycles. The molecule has 3 atom stereocenters. The van der Waals surface area contributed by atoms with Gasteiger partial charge in [-0.25, -0.2) is 0 Å². The fraction of sp³-hybridized carbons (Fsp3) is 1.00. The van der Waals surface area contributed by atoms with E-state index in [1.165, 1.54) is 0 Å². The van der Waals surface area contributed by atoms with Crippen molar-refractivity contribution in [3.8, 4) is 0 Å². The van der Waals surface area contributed by atoms with Crippen molar-refractivity contribution < 1.29 is 18.5 Å². The smallest absolute Gasteiger partial charge is 0.190 e. The summed E-state index contributed by atoms with van der Waals surface area (Å²) < 4.78 is 20.7. The third-order valence-electron chi connectivity index (χ3n) is 2.00. The van der Waals surface area contributed by atoms with Crippen LogP contribution in [0.5, 0.6) is 0 Å². The molecule has 2 heterocycles. The van der Waals surface area contributed by atoms with Crippen molar-refractivity contribution >= 4 is 8.38 Å². The van der Waals surface area contributed by atoms with E-state index in [4.69, 9.17) is 18.5 Å². The first-order valence-electron chi connectivity index (χ1n) is 6.85. The third kappa shape index (κ3) is 11.8. The highest BCUT2D eigenvalue weighted by molar-refractivity contribution is 7.46. The molecule has 2 rings (SSSR count). The lowest BCUT2D eigenvalue weighted by atomic mass is 10.0. The zero-order chi connectivity index (χ0) is 15.1. The Morgan fingerprint density at radius 1 is 1.16 bits per heavy atom. The Kier molecular flexibility index (Phi) is 9.38. The van der Waals surface area contributed by atoms with Gasteiger partial charge in [0, 0.05) is 20.2 Å². The number of methoxy groups -OCH3 is 1. The van der Waals surface area contributed by atoms with Crippen molar-refractivity contribution in [3.63, 3.8) is 0 Å². The van der Waals surface area contributed by atoms with Crippen LogP contribution in [0.25, 0.3) is 0 Å². The van der Waals surface area contributed by atoms with E-state index in [-0.39, 0.29) is 12.4 Å². The molecule has 2 aliphatic rings. The fourth-order valence-electron chi connectivity index (χ4n) is 1.11. The standard InChI is InChI=1S/C5H9O3P.C5H12.C4H10O/c1-9-7-4-2-3-6-5(4)8-9;1-5(2,3)4;1-4(2)5-3/h4-5H,2-3H2,1H3;1-4H3;4H,1-3H3/t4-,5-,9?;;/m0../s1. The quantitative estimate of drug-likeness (QED) is 0.680. The highest BCUT2D eigenvalue weighted by Gasteiger charge is 2.39. The van der Waals surface area contributed by atoms with Crippen LogP contribution in [0.2, 0.25) is 0 Å². The highest BCUT2D eigenvalue weighted by atomic mass is 31.2. The summed E-state index contributed by atoms with van der Waals surface area (Å²) in [5, 5.41) is 0. The maximum Gasteiger partial charge on any atom is 0.190 e. The van der Waals surface area contributed by atoms with Crippen LogP contribution in [0.3, 0.4) is 0 Å². The molecule has 2 saturated heterocycles. The SMILES string of the molecule is CC(C)(C)C.COC(C)C.CP1O[C@@H]2OCC[C@@H]2O1. The van der Waals surface area contributed by atoms with E-state index in [0.29, 0.717) is 11.5 Å². The number of hydrogen-bond acceptors (Lipinski definition) is 4. The molecular weight excluding hydrogens is 263 g/mol. The van der Waals surface area contributed by atoms with Crippen LogP contribution in [-0.2, 0) is 18.5 Å². The van der Waals surface area contributed by atoms with Crippen LogP contribution >= 0.6 is 8.38 Å². The molecule has 116 valence electrons. The molecule has 19 heavy (non-hydrogen) atoms. The topological polar surface area (TPSA) is 36.9 Å². The summed E-state index contributed by atoms with van der Waals surface area (Å²) in [6, 6.07) is 0. The van der Waals surface area contributed by atoms with Crippen molar-refractivity contribution in [3.05, 3.63) is 0 Å². The van der Waals surface area contributed by atoms with E-state index in [0.717, 1.165) is 13.0 Å². The Hall–Kier alpha value is 0.270. The predicted molar refractivity (Wildman–Crippen MR) is 80.4 cm³/mol. The molecule has 0 bridgehead atoms. The summed E-state index contributed by atoms with van der Waals surface area (Å²) >= 11 is 0. The van der Waals surface area contributed by atoms with Gasteiger partial charge >= 0.3 is 0 Å². The predicted octanol–water partition coefficient (Wildman–Crippen LogP) is 4.18. The molecule has 0 aromatic heterocycles. The molecule has 0 aromatic carbocycles. The Morgan fingerprint density at radius 3 is 2.00 bits per heavy atom. The lowest BCUT2D eigenvalue weighted by Crippen LogP contribution is -2.15. The second-order valence-corrected chi connectivity index (χ2v) is 7.80. The van der Waals surface area contributed by atoms with Gasteiger partial charge in [0.05, 0.1) is 12.7 Å². The summed E-state index contributed by atoms with van der Waals surface area (Å²) in [5.74, 6) is 0. The molecule has 2 aliphatic heterocycles. The van der Waals surface area contributed by atoms with Gasteiger partial charge in [0.2, 0.25) is 0 Å². The Labute approximate surface area is 120 Å². The van der Waals surface area contributed by atoms with Gasteiger partial charge in [-0.3, -0.25) is 0 Å². The normalized spacial score (nSPS) is 29.2. The lowest BCUT2D eigenvalue weighted by Gasteiger charge is -2.05. The van der Waals surface area contributed by atoms with Crippen molar-refractivity contribution in [2.24, 2.45) is 5.41 Å². The monoisotopic (exact) mass is 294 g/mol. The van der Waals surface area contributed by atoms with Crippen molar-refractivity contribution in [1.82, 2.24) is 0 Å². The Morgan fingerprint density at radius 2 is 1.63 bits per heavy atom. The third-order valence-corrected chi connectivity index (χ3v) is 3.07. The van der Waals surface area contributed by atoms with Gasteiger partial charge < -0.3 is 18.5 Å². The number of rotatable bonds is 1. The number of fused-ring (bicyclic) bond motifs is 1. The van der Waals surface area contributed by atoms with E-state index >= 15 is 0 Å². The van der Waals surface area contributed by atoms with Gasteiger partial charge in [-0.2, -0.15) is 0 Å². The second kappa shape index (κ2) is 9.25. The van der Waals surface area contributed by atoms with Crippen LogP contribution < -0.4 is 0 Å². The molecule has 0 radical (unpaired) electrons. The van der Waals surface area contributed by atoms with Crippen LogP contribution in [0.4, 0.5) is 0 Å². The van der Waals surface area contributed by atoms with Gasteiger partial charge in [0.1, 0.15) is 6.10 Å². The van der Waals surface area contributed by atoms with Gasteiger partial charge in [-0.1, -0.05) is 27.7 Å². The fourth-order valence-corrected chi connectivity index (χ4v) is 2.23. The van der Waals surface area contributed by atoms with Crippen molar-refractivity contribution in [2.45, 2.75) is 66.5 Å². The minimum Gasteiger partial charge on any atom is -0.382 e. The minimum atomic E-state index is -0.623. The zero-order valence-electron chi connectivity index (χ0n) is 13.7. The molecule has 2 fully saturated rings. The second-order valence-electron chi connectivity index (χ2n) is 6.50. The largest absolute Gasteiger partial charge is 0.382 e. The minimum absolute atomic E-state index is 0.0406. The average molecular weight is 294 g/mol. The van der Waals surface area contributed by atoms with E-state index in [9.17, 15) is 0 Å². The van der Waals surface area contributed by atoms with Gasteiger partial charge in [0.25, 0.3) is 0 Å². The van der Waals surface area contributed by atoms with Gasteiger partial charge in [0.15, 0.2) is 14.7 Å². The molecule has 4 nitrogen and oxygen atoms in total. The van der Waals surface area contributed by atoms with Crippen LogP contribution in [0, 0.1) is 5.41 Å². The summed E-state index contributed by atoms with van der Waals surface area (Å²) in [6.07, 6.45) is 1.58. The first kappa shape index (κ1) is 19.3. The van der Waals surface area contributed by atoms with Crippen LogP contribution in [0.15, 0.2) is 0 Å². The molecule has 0 aromatic rings. The van der Waals surface area contributed by atoms with Gasteiger partial charge in [-0.05, 0) is 19.3 Å². The zero-order valence-corrected chi connectivity index (χ0v) is 14.6. The Balaban J connectivity index is 0.000000283. The number of hydrogen-bond donors (Lipinski definition) is 0. The number of ether oxygens (including phenoxy) is 2. The van der Waals surface area contributed by atoms with E-state index < -0.39 is 8.38 Å². The summed E-state index contributed by atoms with van der Waals surface area (Å²) in [6.45, 7) is 15.5. The molecule has 0 N–H and O–H groups in total. The van der Waals surface area contributed by atoms with Gasteiger partial charge in [-0.15, -0.1) is 0 Å². The average Bonchev–Trinajstić information content (AvgIpc) is 2.75. The summed E-state index contributed by atoms with van der Waals surface area (Å²) in [5.41, 5.74) is 0.500. The molecule has 5 heteroatoms. The Bertz CT molecular complexity index is 210. The van der Waals surface area contributed by atoms with Crippen molar-refractivity contribution in [1.29, 1.82) is 0 Å². The van der Waals surface area contributed by atoms with E-state index in [1.807, 2.05) is 20.5 Å².